The summed E-state index contributed by atoms with van der Waals surface area (Å²) in [6.45, 7) is 4.56. The molecule has 0 unspecified atom stereocenters. The van der Waals surface area contributed by atoms with Crippen molar-refractivity contribution in [3.63, 3.8) is 0 Å². The van der Waals surface area contributed by atoms with Gasteiger partial charge >= 0.3 is 0 Å². The van der Waals surface area contributed by atoms with E-state index >= 15 is 0 Å². The third-order valence-electron chi connectivity index (χ3n) is 14.4. The third-order valence-corrected chi connectivity index (χ3v) is 14.4. The van der Waals surface area contributed by atoms with Crippen LogP contribution in [0.4, 0.5) is 17.1 Å². The summed E-state index contributed by atoms with van der Waals surface area (Å²) in [6, 6.07) is 58.8. The van der Waals surface area contributed by atoms with Crippen LogP contribution in [-0.4, -0.2) is 14.1 Å². The fourth-order valence-electron chi connectivity index (χ4n) is 10.9. The zero-order chi connectivity index (χ0) is 58.7. The first-order valence-electron chi connectivity index (χ1n) is 29.7. The van der Waals surface area contributed by atoms with Crippen LogP contribution in [0.3, 0.4) is 0 Å². The molecule has 0 amide bonds. The molecular weight excluding hydrogens is 915 g/mol. The number of pyridine rings is 1. The van der Waals surface area contributed by atoms with Crippen LogP contribution in [0.5, 0.6) is 11.5 Å². The molecule has 0 aliphatic carbocycles. The maximum atomic E-state index is 9.10. The Morgan fingerprint density at radius 3 is 1.88 bits per heavy atom. The van der Waals surface area contributed by atoms with Gasteiger partial charge in [-0.25, -0.2) is 4.98 Å². The van der Waals surface area contributed by atoms with Gasteiger partial charge in [0.25, 0.3) is 6.33 Å². The Balaban J connectivity index is 0.913. The monoisotopic (exact) mass is 973 g/mol. The number of anilines is 3. The quantitative estimate of drug-likeness (QED) is 0.107. The largest absolute Gasteiger partial charge is 0.458 e. The highest BCUT2D eigenvalue weighted by atomic mass is 16.5. The molecule has 6 nitrogen and oxygen atoms in total. The molecule has 10 aromatic carbocycles. The SMILES string of the molecule is [2H]c1c([2H])c([2H])c(-c2cccc(-c3c([2H])c([2H])c([2H])c([2H])c3[2H])c2-[n+]2[c-]n(-c3cccc(Oc4ccc5c6cc(-c7ccccc7)ccc6n(-c6cc(N7c8ccccc8C(C)(C)c8ccccc87)ccn6)c5c4)c3)c3ccccc32)c([2H])c1[2H]. The molecular formula is C69H49N5O. The Labute approximate surface area is 449 Å². The number of fused-ring (bicyclic) bond motifs is 6. The summed E-state index contributed by atoms with van der Waals surface area (Å²) >= 11 is 0. The predicted molar refractivity (Wildman–Crippen MR) is 305 cm³/mol. The minimum absolute atomic E-state index is 0.137. The highest BCUT2D eigenvalue weighted by molar-refractivity contribution is 6.11. The summed E-state index contributed by atoms with van der Waals surface area (Å²) in [5.41, 5.74) is 11.4. The van der Waals surface area contributed by atoms with E-state index in [1.807, 2.05) is 85.1 Å². The van der Waals surface area contributed by atoms with Gasteiger partial charge < -0.3 is 9.64 Å². The molecule has 0 radical (unpaired) electrons. The van der Waals surface area contributed by atoms with Crippen molar-refractivity contribution in [2.45, 2.75) is 19.3 Å². The number of benzene rings is 10. The Bertz CT molecular complexity index is 4750. The lowest BCUT2D eigenvalue weighted by Crippen LogP contribution is -2.31. The lowest BCUT2D eigenvalue weighted by atomic mass is 9.73. The Morgan fingerprint density at radius 1 is 0.493 bits per heavy atom. The molecule has 0 atom stereocenters. The number of imidazole rings is 1. The van der Waals surface area contributed by atoms with Crippen molar-refractivity contribution in [1.29, 1.82) is 0 Å². The number of nitrogens with zero attached hydrogens (tertiary/aromatic N) is 5. The lowest BCUT2D eigenvalue weighted by molar-refractivity contribution is -0.571. The first-order valence-corrected chi connectivity index (χ1v) is 24.7. The Morgan fingerprint density at radius 2 is 1.15 bits per heavy atom. The summed E-state index contributed by atoms with van der Waals surface area (Å²) < 4.78 is 100. The molecule has 4 heterocycles. The Kier molecular flexibility index (Phi) is 8.18. The van der Waals surface area contributed by atoms with E-state index in [4.69, 9.17) is 23.4 Å². The van der Waals surface area contributed by atoms with Crippen LogP contribution in [0.2, 0.25) is 0 Å². The molecule has 0 N–H and O–H groups in total. The van der Waals surface area contributed by atoms with E-state index in [2.05, 4.69) is 127 Å². The smallest absolute Gasteiger partial charge is 0.269 e. The standard InChI is InChI=1S/C69H49N5O/c1-69(2)59-30-12-14-32-62(59)73(63-33-15-13-31-60(63)69)52-40-41-70-67(44-52)74-61-39-36-50(47-20-6-3-7-21-47)42-58(61)57-38-37-54(45-66(57)74)75-53-27-18-26-51(43-53)71-46-72(65-35-17-16-34-64(65)71)68-55(48-22-8-4-9-23-48)28-19-29-56(68)49-24-10-5-11-25-49/h3-45H,1-2H3/i4D,5D,8D,9D,10D,11D,22D,23D,24D,25D. The fraction of sp³-hybridized carbons (Fsp3) is 0.0435. The average Bonchev–Trinajstić information content (AvgIpc) is 2.10. The molecule has 0 bridgehead atoms. The van der Waals surface area contributed by atoms with E-state index in [0.29, 0.717) is 28.2 Å². The summed E-state index contributed by atoms with van der Waals surface area (Å²) in [5.74, 6) is 1.77. The third kappa shape index (κ3) is 7.41. The van der Waals surface area contributed by atoms with E-state index in [-0.39, 0.29) is 33.4 Å². The highest BCUT2D eigenvalue weighted by Crippen LogP contribution is 2.52. The predicted octanol–water partition coefficient (Wildman–Crippen LogP) is 17.1. The molecule has 75 heavy (non-hydrogen) atoms. The van der Waals surface area contributed by atoms with Crippen LogP contribution in [-0.2, 0) is 5.41 Å². The summed E-state index contributed by atoms with van der Waals surface area (Å²) in [7, 11) is 0. The minimum Gasteiger partial charge on any atom is -0.458 e. The van der Waals surface area contributed by atoms with Crippen molar-refractivity contribution in [2.75, 3.05) is 4.90 Å². The second kappa shape index (κ2) is 17.8. The number of hydrogen-bond acceptors (Lipinski definition) is 3. The second-order valence-electron chi connectivity index (χ2n) is 19.0. The first-order chi connectivity index (χ1) is 41.1. The number of hydrogen-bond donors (Lipinski definition) is 0. The van der Waals surface area contributed by atoms with Gasteiger partial charge in [0.05, 0.1) is 64.2 Å². The van der Waals surface area contributed by atoms with Gasteiger partial charge in [0, 0.05) is 34.5 Å². The van der Waals surface area contributed by atoms with Gasteiger partial charge in [-0.2, -0.15) is 0 Å². The molecule has 356 valence electrons. The first kappa shape index (κ1) is 34.6. The molecule has 1 aliphatic heterocycles. The summed E-state index contributed by atoms with van der Waals surface area (Å²) in [4.78, 5) is 7.42. The summed E-state index contributed by atoms with van der Waals surface area (Å²) in [5, 5.41) is 2.04. The van der Waals surface area contributed by atoms with Crippen LogP contribution < -0.4 is 14.2 Å². The van der Waals surface area contributed by atoms with Gasteiger partial charge in [-0.15, -0.1) is 0 Å². The van der Waals surface area contributed by atoms with Crippen molar-refractivity contribution >= 4 is 49.9 Å². The molecule has 0 fully saturated rings. The molecule has 0 saturated heterocycles. The molecule has 0 saturated carbocycles. The maximum absolute atomic E-state index is 9.10. The topological polar surface area (TPSA) is 39.1 Å². The zero-order valence-electron chi connectivity index (χ0n) is 50.7. The summed E-state index contributed by atoms with van der Waals surface area (Å²) in [6.07, 6.45) is 5.34. The van der Waals surface area contributed by atoms with Crippen molar-refractivity contribution in [2.24, 2.45) is 0 Å². The number of aromatic nitrogens is 4. The number of ether oxygens (including phenoxy) is 1. The van der Waals surface area contributed by atoms with Crippen LogP contribution in [0.1, 0.15) is 38.7 Å². The van der Waals surface area contributed by atoms with Crippen LogP contribution >= 0.6 is 0 Å². The molecule has 14 rings (SSSR count). The zero-order valence-corrected chi connectivity index (χ0v) is 40.7. The van der Waals surface area contributed by atoms with Gasteiger partial charge in [-0.05, 0) is 105 Å². The number of para-hydroxylation sites is 5. The van der Waals surface area contributed by atoms with E-state index < -0.39 is 60.4 Å². The lowest BCUT2D eigenvalue weighted by Gasteiger charge is -2.42. The van der Waals surface area contributed by atoms with Gasteiger partial charge in [-0.1, -0.05) is 196 Å². The molecule has 3 aromatic heterocycles. The van der Waals surface area contributed by atoms with E-state index in [1.165, 1.54) is 11.1 Å². The molecule has 1 aliphatic rings. The second-order valence-corrected chi connectivity index (χ2v) is 19.0. The van der Waals surface area contributed by atoms with Crippen molar-refractivity contribution in [3.05, 3.63) is 278 Å². The number of rotatable bonds is 9. The molecule has 0 spiro atoms. The highest BCUT2D eigenvalue weighted by Gasteiger charge is 2.36. The van der Waals surface area contributed by atoms with E-state index in [9.17, 15) is 0 Å². The minimum atomic E-state index is -0.572. The van der Waals surface area contributed by atoms with Crippen molar-refractivity contribution in [1.82, 2.24) is 14.1 Å². The van der Waals surface area contributed by atoms with Gasteiger partial charge in [-0.3, -0.25) is 13.7 Å². The normalized spacial score (nSPS) is 14.6. The van der Waals surface area contributed by atoms with Gasteiger partial charge in [0.1, 0.15) is 17.3 Å². The van der Waals surface area contributed by atoms with Crippen LogP contribution in [0.25, 0.3) is 83.4 Å². The van der Waals surface area contributed by atoms with Crippen LogP contribution in [0.15, 0.2) is 261 Å². The van der Waals surface area contributed by atoms with Gasteiger partial charge in [0.2, 0.25) is 0 Å². The molecule has 6 heteroatoms. The maximum Gasteiger partial charge on any atom is 0.269 e. The van der Waals surface area contributed by atoms with Crippen LogP contribution in [0, 0.1) is 6.33 Å². The van der Waals surface area contributed by atoms with Gasteiger partial charge in [0.15, 0.2) is 0 Å². The fourth-order valence-corrected chi connectivity index (χ4v) is 10.9. The van der Waals surface area contributed by atoms with E-state index in [0.717, 1.165) is 55.8 Å². The van der Waals surface area contributed by atoms with E-state index in [1.54, 1.807) is 27.3 Å². The van der Waals surface area contributed by atoms with Crippen molar-refractivity contribution in [3.8, 4) is 62.1 Å². The average molecular weight is 974 g/mol. The van der Waals surface area contributed by atoms with Crippen molar-refractivity contribution < 1.29 is 23.0 Å². The Hall–Kier alpha value is -9.78. The molecule has 13 aromatic rings.